The van der Waals surface area contributed by atoms with Crippen LogP contribution in [0.1, 0.15) is 11.6 Å². The van der Waals surface area contributed by atoms with Crippen molar-refractivity contribution >= 4 is 44.9 Å². The number of para-hydroxylation sites is 2. The molecule has 0 unspecified atom stereocenters. The zero-order valence-corrected chi connectivity index (χ0v) is 17.0. The number of fused-ring (bicyclic) bond motifs is 2. The van der Waals surface area contributed by atoms with Crippen LogP contribution in [-0.2, 0) is 4.79 Å². The Bertz CT molecular complexity index is 1160. The highest BCUT2D eigenvalue weighted by Gasteiger charge is 2.33. The molecule has 5 rings (SSSR count). The van der Waals surface area contributed by atoms with Gasteiger partial charge in [0.1, 0.15) is 28.5 Å². The Hall–Kier alpha value is -2.90. The Labute approximate surface area is 176 Å². The molecule has 29 heavy (non-hydrogen) atoms. The molecule has 0 saturated carbocycles. The molecule has 7 heteroatoms. The van der Waals surface area contributed by atoms with Crippen molar-refractivity contribution < 1.29 is 9.53 Å². The summed E-state index contributed by atoms with van der Waals surface area (Å²) in [6, 6.07) is 19.6. The van der Waals surface area contributed by atoms with Gasteiger partial charge in [0.2, 0.25) is 5.91 Å². The van der Waals surface area contributed by atoms with Gasteiger partial charge in [-0.15, -0.1) is 11.3 Å². The summed E-state index contributed by atoms with van der Waals surface area (Å²) in [4.78, 5) is 24.9. The van der Waals surface area contributed by atoms with Crippen LogP contribution in [0.5, 0.6) is 5.75 Å². The lowest BCUT2D eigenvalue weighted by molar-refractivity contribution is -0.117. The molecule has 144 valence electrons. The van der Waals surface area contributed by atoms with Crippen molar-refractivity contribution in [3.63, 3.8) is 0 Å². The zero-order valence-electron chi connectivity index (χ0n) is 15.4. The zero-order chi connectivity index (χ0) is 19.6. The van der Waals surface area contributed by atoms with Crippen LogP contribution in [0.3, 0.4) is 0 Å². The molecule has 0 spiro atoms. The summed E-state index contributed by atoms with van der Waals surface area (Å²) in [5, 5.41) is 3.83. The minimum absolute atomic E-state index is 0.0293. The molecule has 5 nitrogen and oxygen atoms in total. The molecule has 0 N–H and O–H groups in total. The Morgan fingerprint density at radius 2 is 1.93 bits per heavy atom. The number of benzene rings is 2. The minimum Gasteiger partial charge on any atom is -0.489 e. The average Bonchev–Trinajstić information content (AvgIpc) is 3.27. The van der Waals surface area contributed by atoms with E-state index >= 15 is 0 Å². The second-order valence-electron chi connectivity index (χ2n) is 6.58. The molecule has 0 saturated heterocycles. The van der Waals surface area contributed by atoms with Crippen LogP contribution in [0.15, 0.2) is 77.4 Å². The molecule has 2 aromatic heterocycles. The first-order chi connectivity index (χ1) is 14.3. The normalized spacial score (nSPS) is 15.7. The maximum Gasteiger partial charge on any atom is 0.238 e. The van der Waals surface area contributed by atoms with E-state index in [1.165, 1.54) is 11.8 Å². The molecule has 0 fully saturated rings. The second kappa shape index (κ2) is 7.85. The molecular formula is C22H17N3O2S2. The van der Waals surface area contributed by atoms with Crippen LogP contribution in [0.2, 0.25) is 0 Å². The number of thiophene rings is 1. The summed E-state index contributed by atoms with van der Waals surface area (Å²) in [5.41, 5.74) is 1.86. The number of aromatic nitrogens is 2. The summed E-state index contributed by atoms with van der Waals surface area (Å²) < 4.78 is 5.96. The van der Waals surface area contributed by atoms with Gasteiger partial charge < -0.3 is 4.74 Å². The van der Waals surface area contributed by atoms with E-state index < -0.39 is 0 Å². The Morgan fingerprint density at radius 1 is 1.10 bits per heavy atom. The number of ether oxygens (including phenoxy) is 1. The largest absolute Gasteiger partial charge is 0.489 e. The van der Waals surface area contributed by atoms with Crippen molar-refractivity contribution in [2.24, 2.45) is 0 Å². The maximum absolute atomic E-state index is 13.4. The predicted octanol–water partition coefficient (Wildman–Crippen LogP) is 4.95. The van der Waals surface area contributed by atoms with Crippen molar-refractivity contribution in [2.75, 3.05) is 17.3 Å². The lowest BCUT2D eigenvalue weighted by atomic mass is 10.0. The van der Waals surface area contributed by atoms with Gasteiger partial charge >= 0.3 is 0 Å². The standard InChI is InChI=1S/C22H17N3O2S2/c26-20(13-29-22-16-10-11-28-21(16)23-14-24-22)25-17-8-4-5-9-19(17)27-12-18(25)15-6-2-1-3-7-15/h1-11,14,18H,12-13H2/t18-/m1/s1. The number of hydrogen-bond donors (Lipinski definition) is 0. The maximum atomic E-state index is 13.4. The van der Waals surface area contributed by atoms with Crippen LogP contribution >= 0.6 is 23.1 Å². The van der Waals surface area contributed by atoms with Crippen molar-refractivity contribution in [2.45, 2.75) is 11.1 Å². The SMILES string of the molecule is O=C(CSc1ncnc2sccc12)N1c2ccccc2OC[C@@H]1c1ccccc1. The van der Waals surface area contributed by atoms with Crippen LogP contribution < -0.4 is 9.64 Å². The topological polar surface area (TPSA) is 55.3 Å². The van der Waals surface area contributed by atoms with Crippen LogP contribution in [0.4, 0.5) is 5.69 Å². The third-order valence-electron chi connectivity index (χ3n) is 4.84. The first kappa shape index (κ1) is 18.1. The van der Waals surface area contributed by atoms with Crippen molar-refractivity contribution in [1.29, 1.82) is 0 Å². The molecule has 1 aliphatic heterocycles. The first-order valence-electron chi connectivity index (χ1n) is 9.21. The van der Waals surface area contributed by atoms with Gasteiger partial charge in [-0.1, -0.05) is 54.2 Å². The number of amides is 1. The fraction of sp³-hybridized carbons (Fsp3) is 0.136. The third-order valence-corrected chi connectivity index (χ3v) is 6.65. The number of rotatable bonds is 4. The molecule has 1 aliphatic rings. The number of anilines is 1. The van der Waals surface area contributed by atoms with Crippen LogP contribution in [-0.4, -0.2) is 28.2 Å². The van der Waals surface area contributed by atoms with Gasteiger partial charge in [-0.3, -0.25) is 9.69 Å². The van der Waals surface area contributed by atoms with E-state index in [9.17, 15) is 4.79 Å². The monoisotopic (exact) mass is 419 g/mol. The van der Waals surface area contributed by atoms with Crippen LogP contribution in [0, 0.1) is 0 Å². The molecule has 4 aromatic rings. The molecular weight excluding hydrogens is 402 g/mol. The highest BCUT2D eigenvalue weighted by molar-refractivity contribution is 8.00. The van der Waals surface area contributed by atoms with Gasteiger partial charge in [0.15, 0.2) is 0 Å². The van der Waals surface area contributed by atoms with Crippen molar-refractivity contribution in [3.05, 3.63) is 77.9 Å². The van der Waals surface area contributed by atoms with E-state index in [0.717, 1.165) is 32.2 Å². The smallest absolute Gasteiger partial charge is 0.238 e. The van der Waals surface area contributed by atoms with E-state index in [-0.39, 0.29) is 11.9 Å². The summed E-state index contributed by atoms with van der Waals surface area (Å²) in [5.74, 6) is 1.06. The first-order valence-corrected chi connectivity index (χ1v) is 11.1. The van der Waals surface area contributed by atoms with Gasteiger partial charge in [-0.05, 0) is 29.1 Å². The van der Waals surface area contributed by atoms with E-state index in [4.69, 9.17) is 4.74 Å². The Kier molecular flexibility index (Phi) is 4.91. The molecule has 1 atom stereocenters. The second-order valence-corrected chi connectivity index (χ2v) is 8.43. The molecule has 2 aromatic carbocycles. The van der Waals surface area contributed by atoms with E-state index in [1.807, 2.05) is 70.9 Å². The third kappa shape index (κ3) is 3.47. The Balaban J connectivity index is 1.45. The molecule has 0 bridgehead atoms. The number of hydrogen-bond acceptors (Lipinski definition) is 6. The summed E-state index contributed by atoms with van der Waals surface area (Å²) >= 11 is 3.03. The van der Waals surface area contributed by atoms with Gasteiger partial charge in [-0.25, -0.2) is 9.97 Å². The summed E-state index contributed by atoms with van der Waals surface area (Å²) in [6.45, 7) is 0.430. The molecule has 0 aliphatic carbocycles. The molecule has 0 radical (unpaired) electrons. The number of nitrogens with zero attached hydrogens (tertiary/aromatic N) is 3. The van der Waals surface area contributed by atoms with Gasteiger partial charge in [0.05, 0.1) is 17.5 Å². The lowest BCUT2D eigenvalue weighted by Gasteiger charge is -2.37. The highest BCUT2D eigenvalue weighted by Crippen LogP contribution is 2.40. The molecule has 1 amide bonds. The highest BCUT2D eigenvalue weighted by atomic mass is 32.2. The number of carbonyl (C=O) groups excluding carboxylic acids is 1. The quantitative estimate of drug-likeness (QED) is 0.346. The minimum atomic E-state index is -0.161. The Morgan fingerprint density at radius 3 is 2.83 bits per heavy atom. The van der Waals surface area contributed by atoms with E-state index in [1.54, 1.807) is 17.7 Å². The van der Waals surface area contributed by atoms with Gasteiger partial charge in [0.25, 0.3) is 0 Å². The van der Waals surface area contributed by atoms with Gasteiger partial charge in [-0.2, -0.15) is 0 Å². The number of carbonyl (C=O) groups is 1. The predicted molar refractivity (Wildman–Crippen MR) is 117 cm³/mol. The average molecular weight is 420 g/mol. The fourth-order valence-corrected chi connectivity index (χ4v) is 5.14. The summed E-state index contributed by atoms with van der Waals surface area (Å²) in [6.07, 6.45) is 1.56. The molecule has 3 heterocycles. The summed E-state index contributed by atoms with van der Waals surface area (Å²) in [7, 11) is 0. The number of thioether (sulfide) groups is 1. The van der Waals surface area contributed by atoms with Crippen molar-refractivity contribution in [1.82, 2.24) is 9.97 Å². The van der Waals surface area contributed by atoms with Gasteiger partial charge in [0, 0.05) is 5.39 Å². The van der Waals surface area contributed by atoms with E-state index in [0.29, 0.717) is 12.4 Å². The van der Waals surface area contributed by atoms with Crippen molar-refractivity contribution in [3.8, 4) is 5.75 Å². The fourth-order valence-electron chi connectivity index (χ4n) is 3.50. The van der Waals surface area contributed by atoms with Crippen LogP contribution in [0.25, 0.3) is 10.2 Å². The lowest BCUT2D eigenvalue weighted by Crippen LogP contribution is -2.42. The van der Waals surface area contributed by atoms with E-state index in [2.05, 4.69) is 9.97 Å².